The molecule has 2 rings (SSSR count). The van der Waals surface area contributed by atoms with E-state index in [1.54, 1.807) is 0 Å². The van der Waals surface area contributed by atoms with Crippen molar-refractivity contribution in [3.63, 3.8) is 0 Å². The number of aryl methyl sites for hydroxylation is 1. The Hall–Kier alpha value is -1.16. The van der Waals surface area contributed by atoms with E-state index in [1.807, 2.05) is 31.2 Å². The molecule has 2 aromatic rings. The molecule has 14 heavy (non-hydrogen) atoms. The molecule has 0 aliphatic carbocycles. The molecule has 2 nitrogen and oxygen atoms in total. The first-order valence-corrected chi connectivity index (χ1v) is 4.94. The third-order valence-corrected chi connectivity index (χ3v) is 2.55. The monoisotopic (exact) mass is 254 g/mol. The average molecular weight is 255 g/mol. The fraction of sp³-hybridized carbons (Fsp3) is 0.100. The lowest BCUT2D eigenvalue weighted by molar-refractivity contribution is 0.531. The highest BCUT2D eigenvalue weighted by Crippen LogP contribution is 2.19. The summed E-state index contributed by atoms with van der Waals surface area (Å²) < 4.78 is 15.1. The lowest BCUT2D eigenvalue weighted by Gasteiger charge is -2.05. The van der Waals surface area contributed by atoms with Crippen LogP contribution in [0.2, 0.25) is 0 Å². The molecule has 1 aromatic carbocycles. The van der Waals surface area contributed by atoms with Crippen LogP contribution in [0.4, 0.5) is 4.39 Å². The Morgan fingerprint density at radius 2 is 2.07 bits per heavy atom. The van der Waals surface area contributed by atoms with Crippen LogP contribution in [-0.4, -0.2) is 9.78 Å². The highest BCUT2D eigenvalue weighted by Gasteiger charge is 2.10. The number of aromatic nitrogens is 2. The summed E-state index contributed by atoms with van der Waals surface area (Å²) >= 11 is 3.08. The zero-order valence-electron chi connectivity index (χ0n) is 7.54. The molecule has 0 bridgehead atoms. The number of benzene rings is 1. The fourth-order valence-corrected chi connectivity index (χ4v) is 1.54. The van der Waals surface area contributed by atoms with E-state index in [9.17, 15) is 4.39 Å². The standard InChI is InChI=1S/C10H8BrFN2/c1-7-4-2-3-5-9(7)14-10(12)8(11)6-13-14/h2-6H,1H3. The van der Waals surface area contributed by atoms with Crippen molar-refractivity contribution in [2.45, 2.75) is 6.92 Å². The highest BCUT2D eigenvalue weighted by molar-refractivity contribution is 9.10. The second-order valence-corrected chi connectivity index (χ2v) is 3.84. The fourth-order valence-electron chi connectivity index (χ4n) is 1.28. The summed E-state index contributed by atoms with van der Waals surface area (Å²) in [5.41, 5.74) is 1.75. The van der Waals surface area contributed by atoms with E-state index < -0.39 is 0 Å². The molecule has 0 spiro atoms. The van der Waals surface area contributed by atoms with Crippen molar-refractivity contribution in [3.05, 3.63) is 46.4 Å². The molecule has 0 aliphatic heterocycles. The van der Waals surface area contributed by atoms with Gasteiger partial charge in [0.15, 0.2) is 0 Å². The van der Waals surface area contributed by atoms with Gasteiger partial charge in [0, 0.05) is 0 Å². The van der Waals surface area contributed by atoms with Gasteiger partial charge in [-0.25, -0.2) is 4.68 Å². The van der Waals surface area contributed by atoms with Crippen LogP contribution in [0.15, 0.2) is 34.9 Å². The number of rotatable bonds is 1. The maximum absolute atomic E-state index is 13.5. The number of nitrogens with zero attached hydrogens (tertiary/aromatic N) is 2. The molecule has 4 heteroatoms. The Bertz CT molecular complexity index is 465. The second kappa shape index (κ2) is 3.53. The van der Waals surface area contributed by atoms with Crippen molar-refractivity contribution in [3.8, 4) is 5.69 Å². The molecule has 72 valence electrons. The lowest BCUT2D eigenvalue weighted by atomic mass is 10.2. The van der Waals surface area contributed by atoms with Gasteiger partial charge in [-0.3, -0.25) is 0 Å². The van der Waals surface area contributed by atoms with Gasteiger partial charge in [0.1, 0.15) is 0 Å². The first kappa shape index (κ1) is 9.40. The smallest absolute Gasteiger partial charge is 0.205 e. The van der Waals surface area contributed by atoms with Crippen molar-refractivity contribution < 1.29 is 4.39 Å². The molecule has 1 aromatic heterocycles. The van der Waals surface area contributed by atoms with Crippen LogP contribution in [0.25, 0.3) is 5.69 Å². The van der Waals surface area contributed by atoms with Gasteiger partial charge < -0.3 is 0 Å². The minimum atomic E-state index is -0.376. The number of hydrogen-bond acceptors (Lipinski definition) is 1. The molecule has 0 radical (unpaired) electrons. The molecule has 0 atom stereocenters. The van der Waals surface area contributed by atoms with Gasteiger partial charge in [0.25, 0.3) is 0 Å². The van der Waals surface area contributed by atoms with Crippen LogP contribution < -0.4 is 0 Å². The Kier molecular flexibility index (Phi) is 2.37. The van der Waals surface area contributed by atoms with Crippen LogP contribution in [0.5, 0.6) is 0 Å². The van der Waals surface area contributed by atoms with Crippen molar-refractivity contribution in [2.75, 3.05) is 0 Å². The third kappa shape index (κ3) is 1.46. The highest BCUT2D eigenvalue weighted by atomic mass is 79.9. The molecular formula is C10H8BrFN2. The Morgan fingerprint density at radius 3 is 2.64 bits per heavy atom. The molecule has 1 heterocycles. The van der Waals surface area contributed by atoms with Crippen LogP contribution in [0.1, 0.15) is 5.56 Å². The van der Waals surface area contributed by atoms with Gasteiger partial charge >= 0.3 is 0 Å². The van der Waals surface area contributed by atoms with Crippen LogP contribution >= 0.6 is 15.9 Å². The first-order valence-electron chi connectivity index (χ1n) is 4.15. The van der Waals surface area contributed by atoms with Crippen LogP contribution in [-0.2, 0) is 0 Å². The molecule has 0 saturated heterocycles. The maximum atomic E-state index is 13.5. The van der Waals surface area contributed by atoms with Crippen molar-refractivity contribution in [1.29, 1.82) is 0 Å². The van der Waals surface area contributed by atoms with E-state index >= 15 is 0 Å². The summed E-state index contributed by atoms with van der Waals surface area (Å²) in [7, 11) is 0. The molecular weight excluding hydrogens is 247 g/mol. The average Bonchev–Trinajstić information content (AvgIpc) is 2.49. The predicted octanol–water partition coefficient (Wildman–Crippen LogP) is 3.08. The quantitative estimate of drug-likeness (QED) is 0.765. The summed E-state index contributed by atoms with van der Waals surface area (Å²) in [5.74, 6) is -0.376. The van der Waals surface area contributed by atoms with Gasteiger partial charge in [0.05, 0.1) is 16.4 Å². The zero-order chi connectivity index (χ0) is 10.1. The van der Waals surface area contributed by atoms with Gasteiger partial charge in [-0.1, -0.05) is 18.2 Å². The summed E-state index contributed by atoms with van der Waals surface area (Å²) in [5, 5.41) is 3.94. The topological polar surface area (TPSA) is 17.8 Å². The molecule has 0 saturated carbocycles. The van der Waals surface area contributed by atoms with Gasteiger partial charge in [-0.15, -0.1) is 0 Å². The Labute approximate surface area is 89.5 Å². The lowest BCUT2D eigenvalue weighted by Crippen LogP contribution is -2.01. The van der Waals surface area contributed by atoms with Crippen LogP contribution in [0.3, 0.4) is 0 Å². The Balaban J connectivity index is 2.60. The SMILES string of the molecule is Cc1ccccc1-n1ncc(Br)c1F. The zero-order valence-corrected chi connectivity index (χ0v) is 9.12. The minimum absolute atomic E-state index is 0.376. The molecule has 0 aliphatic rings. The van der Waals surface area contributed by atoms with Gasteiger partial charge in [-0.05, 0) is 34.5 Å². The number of halogens is 2. The van der Waals surface area contributed by atoms with Crippen molar-refractivity contribution in [2.24, 2.45) is 0 Å². The van der Waals surface area contributed by atoms with E-state index in [4.69, 9.17) is 0 Å². The van der Waals surface area contributed by atoms with Gasteiger partial charge in [0.2, 0.25) is 5.95 Å². The molecule has 0 N–H and O–H groups in total. The summed E-state index contributed by atoms with van der Waals surface area (Å²) in [6.45, 7) is 1.92. The number of para-hydroxylation sites is 1. The minimum Gasteiger partial charge on any atom is -0.205 e. The normalized spacial score (nSPS) is 10.5. The summed E-state index contributed by atoms with van der Waals surface area (Å²) in [6.07, 6.45) is 1.45. The maximum Gasteiger partial charge on any atom is 0.230 e. The second-order valence-electron chi connectivity index (χ2n) is 2.98. The largest absolute Gasteiger partial charge is 0.230 e. The van der Waals surface area contributed by atoms with Gasteiger partial charge in [-0.2, -0.15) is 9.49 Å². The van der Waals surface area contributed by atoms with E-state index in [0.717, 1.165) is 11.3 Å². The van der Waals surface area contributed by atoms with Crippen molar-refractivity contribution in [1.82, 2.24) is 9.78 Å². The van der Waals surface area contributed by atoms with E-state index in [-0.39, 0.29) is 5.95 Å². The summed E-state index contributed by atoms with van der Waals surface area (Å²) in [6, 6.07) is 7.52. The summed E-state index contributed by atoms with van der Waals surface area (Å²) in [4.78, 5) is 0. The van der Waals surface area contributed by atoms with E-state index in [1.165, 1.54) is 10.9 Å². The Morgan fingerprint density at radius 1 is 1.36 bits per heavy atom. The molecule has 0 unspecified atom stereocenters. The number of hydrogen-bond donors (Lipinski definition) is 0. The van der Waals surface area contributed by atoms with Crippen LogP contribution in [0, 0.1) is 12.9 Å². The first-order chi connectivity index (χ1) is 6.70. The van der Waals surface area contributed by atoms with Crippen molar-refractivity contribution >= 4 is 15.9 Å². The third-order valence-electron chi connectivity index (χ3n) is 2.01. The molecule has 0 amide bonds. The predicted molar refractivity (Wildman–Crippen MR) is 56.0 cm³/mol. The molecule has 0 fully saturated rings. The van der Waals surface area contributed by atoms with E-state index in [2.05, 4.69) is 21.0 Å². The van der Waals surface area contributed by atoms with E-state index in [0.29, 0.717) is 4.47 Å².